The number of thioether (sulfide) groups is 1. The van der Waals surface area contributed by atoms with Crippen molar-refractivity contribution < 1.29 is 4.79 Å². The molecule has 0 spiro atoms. The number of hydrogen-bond acceptors (Lipinski definition) is 5. The molecule has 0 saturated carbocycles. The minimum Gasteiger partial charge on any atom is -0.356 e. The maximum absolute atomic E-state index is 11.9. The van der Waals surface area contributed by atoms with Crippen molar-refractivity contribution in [2.75, 3.05) is 12.3 Å². The molecule has 7 heteroatoms. The summed E-state index contributed by atoms with van der Waals surface area (Å²) in [7, 11) is 0. The van der Waals surface area contributed by atoms with Gasteiger partial charge in [0.1, 0.15) is 0 Å². The first-order valence-electron chi connectivity index (χ1n) is 8.54. The quantitative estimate of drug-likeness (QED) is 0.599. The molecule has 0 aliphatic rings. The molecule has 1 amide bonds. The van der Waals surface area contributed by atoms with Crippen LogP contribution in [0.15, 0.2) is 46.7 Å². The number of thiazole rings is 1. The van der Waals surface area contributed by atoms with E-state index in [9.17, 15) is 4.79 Å². The Morgan fingerprint density at radius 2 is 2.08 bits per heavy atom. The Morgan fingerprint density at radius 1 is 1.27 bits per heavy atom. The van der Waals surface area contributed by atoms with Gasteiger partial charge in [0.2, 0.25) is 11.0 Å². The first-order chi connectivity index (χ1) is 12.6. The number of hydrogen-bond donors (Lipinski definition) is 1. The number of nitrogens with zero attached hydrogens (tertiary/aromatic N) is 3. The maximum atomic E-state index is 11.9. The lowest BCUT2D eigenvalue weighted by Crippen LogP contribution is -2.25. The molecule has 2 aromatic heterocycles. The van der Waals surface area contributed by atoms with Crippen LogP contribution in [0.1, 0.15) is 23.5 Å². The molecule has 0 aliphatic heterocycles. The molecule has 2 heterocycles. The molecule has 0 fully saturated rings. The second-order valence-electron chi connectivity index (χ2n) is 5.97. The van der Waals surface area contributed by atoms with Gasteiger partial charge < -0.3 is 5.32 Å². The van der Waals surface area contributed by atoms with E-state index in [0.717, 1.165) is 34.4 Å². The van der Waals surface area contributed by atoms with Crippen LogP contribution < -0.4 is 5.32 Å². The number of carbonyl (C=O) groups is 1. The van der Waals surface area contributed by atoms with Crippen LogP contribution in [-0.2, 0) is 11.2 Å². The Labute approximate surface area is 161 Å². The predicted octanol–water partition coefficient (Wildman–Crippen LogP) is 3.79. The Bertz CT molecular complexity index is 858. The third-order valence-corrected chi connectivity index (χ3v) is 5.65. The zero-order chi connectivity index (χ0) is 18.4. The van der Waals surface area contributed by atoms with E-state index in [-0.39, 0.29) is 5.91 Å². The summed E-state index contributed by atoms with van der Waals surface area (Å²) >= 11 is 3.28. The smallest absolute Gasteiger partial charge is 0.220 e. The number of rotatable bonds is 8. The van der Waals surface area contributed by atoms with Crippen LogP contribution in [0.3, 0.4) is 0 Å². The van der Waals surface area contributed by atoms with E-state index < -0.39 is 0 Å². The number of benzene rings is 1. The molecule has 1 N–H and O–H groups in total. The topological polar surface area (TPSA) is 59.8 Å². The van der Waals surface area contributed by atoms with Crippen molar-refractivity contribution in [3.05, 3.63) is 58.9 Å². The van der Waals surface area contributed by atoms with Crippen LogP contribution in [0.5, 0.6) is 0 Å². The highest BCUT2D eigenvalue weighted by Crippen LogP contribution is 2.18. The van der Waals surface area contributed by atoms with E-state index in [1.54, 1.807) is 23.1 Å². The van der Waals surface area contributed by atoms with Gasteiger partial charge in [0.25, 0.3) is 0 Å². The number of aryl methyl sites for hydroxylation is 2. The second kappa shape index (κ2) is 9.00. The molecule has 0 atom stereocenters. The van der Waals surface area contributed by atoms with Gasteiger partial charge in [-0.15, -0.1) is 23.1 Å². The van der Waals surface area contributed by atoms with Crippen molar-refractivity contribution in [1.82, 2.24) is 20.1 Å². The number of aromatic nitrogens is 3. The molecule has 0 aliphatic carbocycles. The lowest BCUT2D eigenvalue weighted by atomic mass is 10.3. The zero-order valence-electron chi connectivity index (χ0n) is 14.9. The van der Waals surface area contributed by atoms with Gasteiger partial charge in [0, 0.05) is 41.1 Å². The zero-order valence-corrected chi connectivity index (χ0v) is 16.6. The van der Waals surface area contributed by atoms with E-state index in [2.05, 4.69) is 27.5 Å². The molecule has 1 aromatic carbocycles. The van der Waals surface area contributed by atoms with Gasteiger partial charge in [-0.05, 0) is 32.0 Å². The van der Waals surface area contributed by atoms with Crippen LogP contribution in [0.4, 0.5) is 0 Å². The van der Waals surface area contributed by atoms with E-state index >= 15 is 0 Å². The number of amides is 1. The Balaban J connectivity index is 1.39. The van der Waals surface area contributed by atoms with Crippen molar-refractivity contribution in [1.29, 1.82) is 0 Å². The standard InChI is InChI=1S/C19H22N4OS2/c1-14-12-15(2)23(22-14)19-21-16(13-26-19)8-10-20-18(24)9-11-25-17-6-4-3-5-7-17/h3-7,12-13H,8-11H2,1-2H3,(H,20,24). The van der Waals surface area contributed by atoms with Gasteiger partial charge in [-0.3, -0.25) is 4.79 Å². The third-order valence-electron chi connectivity index (χ3n) is 3.77. The lowest BCUT2D eigenvalue weighted by molar-refractivity contribution is -0.120. The fourth-order valence-electron chi connectivity index (χ4n) is 2.53. The fourth-order valence-corrected chi connectivity index (χ4v) is 4.27. The number of nitrogens with one attached hydrogen (secondary N) is 1. The normalized spacial score (nSPS) is 10.8. The Kier molecular flexibility index (Phi) is 6.46. The SMILES string of the molecule is Cc1cc(C)n(-c2nc(CCNC(=O)CCSc3ccccc3)cs2)n1. The van der Waals surface area contributed by atoms with E-state index in [0.29, 0.717) is 13.0 Å². The summed E-state index contributed by atoms with van der Waals surface area (Å²) in [5.74, 6) is 0.872. The van der Waals surface area contributed by atoms with Crippen molar-refractivity contribution >= 4 is 29.0 Å². The van der Waals surface area contributed by atoms with Crippen LogP contribution >= 0.6 is 23.1 Å². The molecule has 3 aromatic rings. The molecule has 0 unspecified atom stereocenters. The maximum Gasteiger partial charge on any atom is 0.220 e. The Morgan fingerprint density at radius 3 is 2.81 bits per heavy atom. The van der Waals surface area contributed by atoms with Gasteiger partial charge in [-0.1, -0.05) is 18.2 Å². The van der Waals surface area contributed by atoms with E-state index in [1.165, 1.54) is 4.90 Å². The van der Waals surface area contributed by atoms with Gasteiger partial charge in [0.15, 0.2) is 0 Å². The molecule has 3 rings (SSSR count). The summed E-state index contributed by atoms with van der Waals surface area (Å²) < 4.78 is 1.86. The molecule has 0 radical (unpaired) electrons. The van der Waals surface area contributed by atoms with Crippen LogP contribution in [0.2, 0.25) is 0 Å². The first kappa shape index (κ1) is 18.7. The summed E-state index contributed by atoms with van der Waals surface area (Å²) in [5.41, 5.74) is 3.05. The molecule has 136 valence electrons. The number of carbonyl (C=O) groups excluding carboxylic acids is 1. The fraction of sp³-hybridized carbons (Fsp3) is 0.316. The molecular formula is C19H22N4OS2. The highest BCUT2D eigenvalue weighted by molar-refractivity contribution is 7.99. The van der Waals surface area contributed by atoms with Crippen LogP contribution in [0, 0.1) is 13.8 Å². The molecular weight excluding hydrogens is 364 g/mol. The van der Waals surface area contributed by atoms with Crippen molar-refractivity contribution in [3.8, 4) is 5.13 Å². The second-order valence-corrected chi connectivity index (χ2v) is 7.98. The summed E-state index contributed by atoms with van der Waals surface area (Å²) in [6.07, 6.45) is 1.25. The first-order valence-corrected chi connectivity index (χ1v) is 10.4. The van der Waals surface area contributed by atoms with Crippen molar-refractivity contribution in [3.63, 3.8) is 0 Å². The van der Waals surface area contributed by atoms with Crippen LogP contribution in [0.25, 0.3) is 5.13 Å². The Hall–Kier alpha value is -2.12. The van der Waals surface area contributed by atoms with Gasteiger partial charge in [-0.2, -0.15) is 5.10 Å². The molecule has 26 heavy (non-hydrogen) atoms. The van der Waals surface area contributed by atoms with E-state index in [1.807, 2.05) is 48.2 Å². The molecule has 0 saturated heterocycles. The average Bonchev–Trinajstić information content (AvgIpc) is 3.22. The molecule has 0 bridgehead atoms. The average molecular weight is 387 g/mol. The monoisotopic (exact) mass is 386 g/mol. The van der Waals surface area contributed by atoms with Gasteiger partial charge in [-0.25, -0.2) is 9.67 Å². The van der Waals surface area contributed by atoms with Crippen molar-refractivity contribution in [2.45, 2.75) is 31.6 Å². The summed E-state index contributed by atoms with van der Waals surface area (Å²) in [4.78, 5) is 17.8. The minimum absolute atomic E-state index is 0.0856. The van der Waals surface area contributed by atoms with Gasteiger partial charge in [0.05, 0.1) is 11.4 Å². The lowest BCUT2D eigenvalue weighted by Gasteiger charge is -2.04. The van der Waals surface area contributed by atoms with Gasteiger partial charge >= 0.3 is 0 Å². The van der Waals surface area contributed by atoms with Crippen molar-refractivity contribution in [2.24, 2.45) is 0 Å². The minimum atomic E-state index is 0.0856. The van der Waals surface area contributed by atoms with Crippen LogP contribution in [-0.4, -0.2) is 33.0 Å². The van der Waals surface area contributed by atoms with E-state index in [4.69, 9.17) is 0 Å². The largest absolute Gasteiger partial charge is 0.356 e. The molecule has 5 nitrogen and oxygen atoms in total. The summed E-state index contributed by atoms with van der Waals surface area (Å²) in [5, 5.41) is 10.3. The highest BCUT2D eigenvalue weighted by Gasteiger charge is 2.09. The predicted molar refractivity (Wildman–Crippen MR) is 107 cm³/mol. The summed E-state index contributed by atoms with van der Waals surface area (Å²) in [6.45, 7) is 4.60. The third kappa shape index (κ3) is 5.19. The summed E-state index contributed by atoms with van der Waals surface area (Å²) in [6, 6.07) is 12.2. The highest BCUT2D eigenvalue weighted by atomic mass is 32.2.